The quantitative estimate of drug-likeness (QED) is 0.591. The highest BCUT2D eigenvalue weighted by atomic mass is 32.2. The number of halogens is 1. The van der Waals surface area contributed by atoms with Gasteiger partial charge >= 0.3 is 0 Å². The molecule has 0 atom stereocenters. The molecule has 32 heavy (non-hydrogen) atoms. The summed E-state index contributed by atoms with van der Waals surface area (Å²) in [5, 5.41) is 3.04. The normalized spacial score (nSPS) is 14.1. The molecule has 1 aromatic heterocycles. The van der Waals surface area contributed by atoms with Crippen LogP contribution in [-0.2, 0) is 32.5 Å². The number of fused-ring (bicyclic) bond motifs is 1. The third-order valence-corrected chi connectivity index (χ3v) is 7.21. The maximum Gasteiger partial charge on any atom is 0.242 e. The monoisotopic (exact) mass is 457 g/mol. The molecule has 2 amide bonds. The Morgan fingerprint density at radius 2 is 1.69 bits per heavy atom. The molecule has 0 unspecified atom stereocenters. The molecule has 168 valence electrons. The number of carbonyl (C=O) groups is 2. The van der Waals surface area contributed by atoms with E-state index in [2.05, 4.69) is 5.32 Å². The van der Waals surface area contributed by atoms with E-state index in [0.29, 0.717) is 16.5 Å². The highest BCUT2D eigenvalue weighted by Gasteiger charge is 2.26. The summed E-state index contributed by atoms with van der Waals surface area (Å²) < 4.78 is 40.7. The Balaban J connectivity index is 1.51. The van der Waals surface area contributed by atoms with Crippen LogP contribution in [0.2, 0.25) is 0 Å². The molecule has 4 rings (SSSR count). The number of benzene rings is 2. The van der Waals surface area contributed by atoms with Gasteiger partial charge in [-0.3, -0.25) is 9.59 Å². The summed E-state index contributed by atoms with van der Waals surface area (Å²) in [5.41, 5.74) is 1.29. The minimum absolute atomic E-state index is 0.0271. The molecule has 0 bridgehead atoms. The molecule has 9 heteroatoms. The molecule has 1 aliphatic heterocycles. The van der Waals surface area contributed by atoms with E-state index in [4.69, 9.17) is 0 Å². The van der Waals surface area contributed by atoms with Crippen LogP contribution in [0.15, 0.2) is 59.6 Å². The summed E-state index contributed by atoms with van der Waals surface area (Å²) in [6.07, 6.45) is 3.40. The van der Waals surface area contributed by atoms with E-state index in [1.807, 2.05) is 0 Å². The molecule has 7 nitrogen and oxygen atoms in total. The number of likely N-dealkylation sites (tertiary alicyclic amines) is 1. The van der Waals surface area contributed by atoms with E-state index in [0.717, 1.165) is 25.9 Å². The molecule has 1 N–H and O–H groups in total. The van der Waals surface area contributed by atoms with Gasteiger partial charge in [0.05, 0.1) is 4.90 Å². The van der Waals surface area contributed by atoms with Crippen molar-refractivity contribution in [3.8, 4) is 0 Å². The molecule has 2 heterocycles. The second-order valence-electron chi connectivity index (χ2n) is 7.89. The van der Waals surface area contributed by atoms with Gasteiger partial charge in [-0.1, -0.05) is 30.3 Å². The Bertz CT molecular complexity index is 1250. The number of rotatable bonds is 7. The van der Waals surface area contributed by atoms with Gasteiger partial charge in [-0.25, -0.2) is 12.8 Å². The van der Waals surface area contributed by atoms with Crippen molar-refractivity contribution < 1.29 is 22.4 Å². The van der Waals surface area contributed by atoms with E-state index in [1.54, 1.807) is 33.7 Å². The average molecular weight is 458 g/mol. The Hall–Kier alpha value is -3.20. The molecule has 1 aliphatic rings. The van der Waals surface area contributed by atoms with Crippen LogP contribution in [-0.4, -0.2) is 48.5 Å². The largest absolute Gasteiger partial charge is 0.351 e. The van der Waals surface area contributed by atoms with Gasteiger partial charge < -0.3 is 14.8 Å². The molecule has 1 saturated heterocycles. The fourth-order valence-corrected chi connectivity index (χ4v) is 5.31. The lowest BCUT2D eigenvalue weighted by Gasteiger charge is -2.15. The first-order valence-electron chi connectivity index (χ1n) is 10.4. The minimum atomic E-state index is -3.95. The van der Waals surface area contributed by atoms with Gasteiger partial charge in [0.25, 0.3) is 0 Å². The van der Waals surface area contributed by atoms with Crippen molar-refractivity contribution in [2.75, 3.05) is 18.8 Å². The van der Waals surface area contributed by atoms with Crippen LogP contribution in [0.4, 0.5) is 4.39 Å². The van der Waals surface area contributed by atoms with Crippen molar-refractivity contribution in [2.24, 2.45) is 0 Å². The second-order valence-corrected chi connectivity index (χ2v) is 9.85. The van der Waals surface area contributed by atoms with Crippen molar-refractivity contribution in [3.63, 3.8) is 0 Å². The van der Waals surface area contributed by atoms with E-state index < -0.39 is 21.5 Å². The van der Waals surface area contributed by atoms with Crippen LogP contribution in [0.1, 0.15) is 18.4 Å². The maximum atomic E-state index is 13.0. The topological polar surface area (TPSA) is 88.5 Å². The zero-order valence-electron chi connectivity index (χ0n) is 17.5. The predicted octanol–water partition coefficient (Wildman–Crippen LogP) is 2.49. The number of aromatic nitrogens is 1. The van der Waals surface area contributed by atoms with Gasteiger partial charge in [-0.05, 0) is 36.6 Å². The number of carbonyl (C=O) groups excluding carboxylic acids is 2. The fraction of sp³-hybridized carbons (Fsp3) is 0.304. The lowest BCUT2D eigenvalue weighted by atomic mass is 10.2. The number of sulfone groups is 1. The average Bonchev–Trinajstić information content (AvgIpc) is 3.42. The number of nitrogens with zero attached hydrogens (tertiary/aromatic N) is 2. The summed E-state index contributed by atoms with van der Waals surface area (Å²) >= 11 is 0. The van der Waals surface area contributed by atoms with Crippen LogP contribution in [0.3, 0.4) is 0 Å². The highest BCUT2D eigenvalue weighted by Crippen LogP contribution is 2.26. The first-order valence-corrected chi connectivity index (χ1v) is 12.1. The summed E-state index contributed by atoms with van der Waals surface area (Å²) in [7, 11) is -3.95. The van der Waals surface area contributed by atoms with Gasteiger partial charge in [0.15, 0.2) is 9.84 Å². The lowest BCUT2D eigenvalue weighted by Crippen LogP contribution is -2.31. The summed E-state index contributed by atoms with van der Waals surface area (Å²) in [6, 6.07) is 12.5. The van der Waals surface area contributed by atoms with Crippen LogP contribution in [0, 0.1) is 5.82 Å². The van der Waals surface area contributed by atoms with Gasteiger partial charge in [0, 0.05) is 36.7 Å². The smallest absolute Gasteiger partial charge is 0.242 e. The SMILES string of the molecule is O=C(CS(=O)(=O)c1cn(CC(=O)N2CCCC2)c2ccccc12)NCc1ccc(F)cc1. The van der Waals surface area contributed by atoms with Crippen molar-refractivity contribution in [1.29, 1.82) is 0 Å². The third-order valence-electron chi connectivity index (χ3n) is 5.58. The van der Waals surface area contributed by atoms with Crippen molar-refractivity contribution in [1.82, 2.24) is 14.8 Å². The molecule has 0 aliphatic carbocycles. The molecule has 0 spiro atoms. The number of nitrogens with one attached hydrogen (secondary N) is 1. The molecular weight excluding hydrogens is 433 g/mol. The van der Waals surface area contributed by atoms with E-state index >= 15 is 0 Å². The van der Waals surface area contributed by atoms with Crippen molar-refractivity contribution in [3.05, 3.63) is 66.1 Å². The zero-order chi connectivity index (χ0) is 22.7. The van der Waals surface area contributed by atoms with E-state index in [-0.39, 0.29) is 29.7 Å². The van der Waals surface area contributed by atoms with Crippen LogP contribution in [0.5, 0.6) is 0 Å². The van der Waals surface area contributed by atoms with E-state index in [9.17, 15) is 22.4 Å². The number of hydrogen-bond acceptors (Lipinski definition) is 4. The summed E-state index contributed by atoms with van der Waals surface area (Å²) in [5.74, 6) is -1.81. The van der Waals surface area contributed by atoms with Crippen LogP contribution >= 0.6 is 0 Å². The third kappa shape index (κ3) is 4.83. The second kappa shape index (κ2) is 9.12. The molecule has 1 fully saturated rings. The summed E-state index contributed by atoms with van der Waals surface area (Å²) in [6.45, 7) is 1.59. The fourth-order valence-electron chi connectivity index (χ4n) is 3.91. The van der Waals surface area contributed by atoms with Crippen molar-refractivity contribution in [2.45, 2.75) is 30.8 Å². The number of hydrogen-bond donors (Lipinski definition) is 1. The van der Waals surface area contributed by atoms with Crippen molar-refractivity contribution >= 4 is 32.6 Å². The Morgan fingerprint density at radius 3 is 2.41 bits per heavy atom. The first-order chi connectivity index (χ1) is 15.3. The standard InChI is InChI=1S/C23H24FN3O4S/c24-18-9-7-17(8-10-18)13-25-22(28)16-32(30,31)21-14-27(20-6-2-1-5-19(20)21)15-23(29)26-11-3-4-12-26/h1-2,5-10,14H,3-4,11-13,15-16H2,(H,25,28). The van der Waals surface area contributed by atoms with E-state index in [1.165, 1.54) is 30.5 Å². The Labute approximate surface area is 185 Å². The molecule has 3 aromatic rings. The van der Waals surface area contributed by atoms with Gasteiger partial charge in [-0.2, -0.15) is 0 Å². The van der Waals surface area contributed by atoms with Gasteiger partial charge in [-0.15, -0.1) is 0 Å². The predicted molar refractivity (Wildman–Crippen MR) is 118 cm³/mol. The maximum absolute atomic E-state index is 13.0. The van der Waals surface area contributed by atoms with Gasteiger partial charge in [0.2, 0.25) is 11.8 Å². The Morgan fingerprint density at radius 1 is 1.00 bits per heavy atom. The zero-order valence-corrected chi connectivity index (χ0v) is 18.3. The van der Waals surface area contributed by atoms with Gasteiger partial charge in [0.1, 0.15) is 18.1 Å². The lowest BCUT2D eigenvalue weighted by molar-refractivity contribution is -0.130. The van der Waals surface area contributed by atoms with Crippen LogP contribution < -0.4 is 5.32 Å². The highest BCUT2D eigenvalue weighted by molar-refractivity contribution is 7.92. The summed E-state index contributed by atoms with van der Waals surface area (Å²) in [4.78, 5) is 26.7. The van der Waals surface area contributed by atoms with Crippen LogP contribution in [0.25, 0.3) is 10.9 Å². The number of amides is 2. The molecule has 2 aromatic carbocycles. The molecular formula is C23H24FN3O4S. The number of para-hydroxylation sites is 1. The first kappa shape index (κ1) is 22.0. The molecule has 0 radical (unpaired) electrons. The minimum Gasteiger partial charge on any atom is -0.351 e. The Kier molecular flexibility index (Phi) is 6.27. The molecule has 0 saturated carbocycles.